The van der Waals surface area contributed by atoms with Gasteiger partial charge in [-0.05, 0) is 49.2 Å². The Hall–Kier alpha value is -4.20. The number of ether oxygens (including phenoxy) is 1. The number of barbiturate groups is 1. The number of esters is 1. The standard InChI is InChI=1S/C24H21N3O5/c1-14-8-9-17(10-15(14)2)27-23(30)19(22(29)25-24(27)31)11-16-12-26(13-21(28)32-3)20-7-5-4-6-18(16)20/h4-12H,13H2,1-3H3,(H,25,29,31)/b19-11+. The van der Waals surface area contributed by atoms with Gasteiger partial charge < -0.3 is 9.30 Å². The summed E-state index contributed by atoms with van der Waals surface area (Å²) in [7, 11) is 1.31. The molecule has 0 spiro atoms. The van der Waals surface area contributed by atoms with Crippen molar-refractivity contribution in [2.24, 2.45) is 0 Å². The van der Waals surface area contributed by atoms with E-state index in [1.54, 1.807) is 22.9 Å². The number of imide groups is 2. The molecule has 0 unspecified atom stereocenters. The van der Waals surface area contributed by atoms with Crippen molar-refractivity contribution in [3.8, 4) is 0 Å². The molecule has 1 saturated heterocycles. The second-order valence-electron chi connectivity index (χ2n) is 7.53. The molecule has 4 amide bonds. The maximum atomic E-state index is 13.2. The van der Waals surface area contributed by atoms with E-state index in [-0.39, 0.29) is 12.1 Å². The first-order chi connectivity index (χ1) is 15.3. The van der Waals surface area contributed by atoms with Crippen LogP contribution in [0, 0.1) is 13.8 Å². The molecule has 1 aliphatic heterocycles. The number of amides is 4. The van der Waals surface area contributed by atoms with Crippen molar-refractivity contribution in [3.05, 3.63) is 70.9 Å². The summed E-state index contributed by atoms with van der Waals surface area (Å²) < 4.78 is 6.44. The van der Waals surface area contributed by atoms with Gasteiger partial charge in [-0.3, -0.25) is 19.7 Å². The second kappa shape index (κ2) is 8.14. The number of para-hydroxylation sites is 1. The highest BCUT2D eigenvalue weighted by molar-refractivity contribution is 6.39. The van der Waals surface area contributed by atoms with Crippen LogP contribution in [0.3, 0.4) is 0 Å². The number of nitrogens with one attached hydrogen (secondary N) is 1. The van der Waals surface area contributed by atoms with Gasteiger partial charge in [0.1, 0.15) is 12.1 Å². The van der Waals surface area contributed by atoms with Crippen LogP contribution < -0.4 is 10.2 Å². The minimum absolute atomic E-state index is 0.0203. The normalized spacial score (nSPS) is 15.4. The van der Waals surface area contributed by atoms with Crippen LogP contribution in [0.25, 0.3) is 17.0 Å². The Kier molecular flexibility index (Phi) is 5.36. The van der Waals surface area contributed by atoms with E-state index in [4.69, 9.17) is 4.74 Å². The van der Waals surface area contributed by atoms with Gasteiger partial charge in [-0.15, -0.1) is 0 Å². The van der Waals surface area contributed by atoms with Crippen LogP contribution in [0.2, 0.25) is 0 Å². The van der Waals surface area contributed by atoms with Crippen molar-refractivity contribution in [3.63, 3.8) is 0 Å². The number of anilines is 1. The first kappa shape index (κ1) is 21.0. The van der Waals surface area contributed by atoms with E-state index in [1.807, 2.05) is 44.2 Å². The number of carbonyl (C=O) groups is 4. The van der Waals surface area contributed by atoms with Crippen molar-refractivity contribution in [1.82, 2.24) is 9.88 Å². The third-order valence-corrected chi connectivity index (χ3v) is 5.50. The fourth-order valence-corrected chi connectivity index (χ4v) is 3.64. The molecule has 32 heavy (non-hydrogen) atoms. The number of nitrogens with zero attached hydrogens (tertiary/aromatic N) is 2. The van der Waals surface area contributed by atoms with E-state index in [0.29, 0.717) is 11.3 Å². The zero-order valence-corrected chi connectivity index (χ0v) is 17.8. The van der Waals surface area contributed by atoms with E-state index in [9.17, 15) is 19.2 Å². The number of hydrogen-bond acceptors (Lipinski definition) is 5. The largest absolute Gasteiger partial charge is 0.468 e. The highest BCUT2D eigenvalue weighted by Gasteiger charge is 2.37. The Bertz CT molecular complexity index is 1320. The van der Waals surface area contributed by atoms with Crippen LogP contribution in [0.15, 0.2) is 54.2 Å². The van der Waals surface area contributed by atoms with Gasteiger partial charge in [0.05, 0.1) is 12.8 Å². The number of hydrogen-bond donors (Lipinski definition) is 1. The van der Waals surface area contributed by atoms with Crippen LogP contribution in [0.4, 0.5) is 10.5 Å². The molecule has 1 aromatic heterocycles. The number of aryl methyl sites for hydroxylation is 2. The number of carbonyl (C=O) groups excluding carboxylic acids is 4. The summed E-state index contributed by atoms with van der Waals surface area (Å²) in [6.45, 7) is 3.78. The van der Waals surface area contributed by atoms with Gasteiger partial charge in [0, 0.05) is 22.7 Å². The average molecular weight is 431 g/mol. The van der Waals surface area contributed by atoms with Crippen LogP contribution >= 0.6 is 0 Å². The van der Waals surface area contributed by atoms with Crippen molar-refractivity contribution in [2.75, 3.05) is 12.0 Å². The van der Waals surface area contributed by atoms with Crippen molar-refractivity contribution in [2.45, 2.75) is 20.4 Å². The second-order valence-corrected chi connectivity index (χ2v) is 7.53. The maximum Gasteiger partial charge on any atom is 0.335 e. The van der Waals surface area contributed by atoms with Crippen molar-refractivity contribution >= 4 is 46.5 Å². The smallest absolute Gasteiger partial charge is 0.335 e. The maximum absolute atomic E-state index is 13.2. The molecule has 0 aliphatic carbocycles. The molecule has 8 heteroatoms. The van der Waals surface area contributed by atoms with E-state index in [0.717, 1.165) is 26.9 Å². The highest BCUT2D eigenvalue weighted by atomic mass is 16.5. The Morgan fingerprint density at radius 2 is 1.81 bits per heavy atom. The van der Waals surface area contributed by atoms with Gasteiger partial charge in [-0.25, -0.2) is 9.69 Å². The first-order valence-corrected chi connectivity index (χ1v) is 9.93. The zero-order chi connectivity index (χ0) is 23.0. The number of fused-ring (bicyclic) bond motifs is 1. The molecule has 1 fully saturated rings. The summed E-state index contributed by atoms with van der Waals surface area (Å²) in [5.41, 5.74) is 3.44. The summed E-state index contributed by atoms with van der Waals surface area (Å²) >= 11 is 0. The monoisotopic (exact) mass is 431 g/mol. The lowest BCUT2D eigenvalue weighted by atomic mass is 10.0. The number of rotatable bonds is 4. The summed E-state index contributed by atoms with van der Waals surface area (Å²) in [6.07, 6.45) is 3.11. The van der Waals surface area contributed by atoms with Crippen LogP contribution in [0.1, 0.15) is 16.7 Å². The predicted molar refractivity (Wildman–Crippen MR) is 119 cm³/mol. The van der Waals surface area contributed by atoms with Gasteiger partial charge in [0.2, 0.25) is 0 Å². The Labute approximate surface area is 184 Å². The fraction of sp³-hybridized carbons (Fsp3) is 0.167. The number of urea groups is 1. The topological polar surface area (TPSA) is 97.7 Å². The quantitative estimate of drug-likeness (QED) is 0.389. The Morgan fingerprint density at radius 3 is 2.53 bits per heavy atom. The molecule has 0 saturated carbocycles. The van der Waals surface area contributed by atoms with Crippen LogP contribution in [-0.4, -0.2) is 35.5 Å². The zero-order valence-electron chi connectivity index (χ0n) is 17.8. The fourth-order valence-electron chi connectivity index (χ4n) is 3.64. The predicted octanol–water partition coefficient (Wildman–Crippen LogP) is 3.10. The third-order valence-electron chi connectivity index (χ3n) is 5.50. The molecule has 1 N–H and O–H groups in total. The Balaban J connectivity index is 1.79. The lowest BCUT2D eigenvalue weighted by Gasteiger charge is -2.26. The van der Waals surface area contributed by atoms with Crippen molar-refractivity contribution < 1.29 is 23.9 Å². The molecular weight excluding hydrogens is 410 g/mol. The van der Waals surface area contributed by atoms with Gasteiger partial charge in [-0.2, -0.15) is 0 Å². The average Bonchev–Trinajstić information content (AvgIpc) is 3.10. The number of methoxy groups -OCH3 is 1. The minimum Gasteiger partial charge on any atom is -0.468 e. The lowest BCUT2D eigenvalue weighted by Crippen LogP contribution is -2.54. The first-order valence-electron chi connectivity index (χ1n) is 9.93. The third kappa shape index (κ3) is 3.66. The molecule has 0 atom stereocenters. The molecule has 8 nitrogen and oxygen atoms in total. The summed E-state index contributed by atoms with van der Waals surface area (Å²) in [4.78, 5) is 51.0. The SMILES string of the molecule is COC(=O)Cn1cc(/C=C2\C(=O)NC(=O)N(c3ccc(C)c(C)c3)C2=O)c2ccccc21. The lowest BCUT2D eigenvalue weighted by molar-refractivity contribution is -0.141. The molecule has 0 bridgehead atoms. The van der Waals surface area contributed by atoms with E-state index < -0.39 is 23.8 Å². The van der Waals surface area contributed by atoms with Crippen molar-refractivity contribution in [1.29, 1.82) is 0 Å². The van der Waals surface area contributed by atoms with Gasteiger partial charge in [0.25, 0.3) is 11.8 Å². The van der Waals surface area contributed by atoms with E-state index in [2.05, 4.69) is 5.32 Å². The van der Waals surface area contributed by atoms with Gasteiger partial charge >= 0.3 is 12.0 Å². The van der Waals surface area contributed by atoms with Crippen LogP contribution in [-0.2, 0) is 25.7 Å². The molecule has 1 aliphatic rings. The molecule has 4 rings (SSSR count). The van der Waals surface area contributed by atoms with Crippen LogP contribution in [0.5, 0.6) is 0 Å². The molecule has 2 aromatic carbocycles. The number of aromatic nitrogens is 1. The molecule has 0 radical (unpaired) electrons. The molecule has 2 heterocycles. The van der Waals surface area contributed by atoms with Gasteiger partial charge in [-0.1, -0.05) is 24.3 Å². The van der Waals surface area contributed by atoms with E-state index in [1.165, 1.54) is 13.2 Å². The summed E-state index contributed by atoms with van der Waals surface area (Å²) in [6, 6.07) is 11.7. The molecular formula is C24H21N3O5. The summed E-state index contributed by atoms with van der Waals surface area (Å²) in [5, 5.41) is 2.99. The minimum atomic E-state index is -0.798. The highest BCUT2D eigenvalue weighted by Crippen LogP contribution is 2.27. The molecule has 162 valence electrons. The summed E-state index contributed by atoms with van der Waals surface area (Å²) in [5.74, 6) is -1.92. The van der Waals surface area contributed by atoms with E-state index >= 15 is 0 Å². The van der Waals surface area contributed by atoms with Gasteiger partial charge in [0.15, 0.2) is 0 Å². The Morgan fingerprint density at radius 1 is 1.06 bits per heavy atom. The number of benzene rings is 2. The molecule has 3 aromatic rings.